The number of benzene rings is 2. The number of alkyl halides is 6. The lowest BCUT2D eigenvalue weighted by molar-refractivity contribution is -0.138. The normalized spacial score (nSPS) is 11.2. The monoisotopic (exact) mass is 501 g/mol. The van der Waals surface area contributed by atoms with Crippen LogP contribution in [0.1, 0.15) is 31.8 Å². The molecule has 12 heteroatoms. The average molecular weight is 502 g/mol. The fourth-order valence-corrected chi connectivity index (χ4v) is 2.48. The molecule has 0 aliphatic heterocycles. The van der Waals surface area contributed by atoms with Crippen molar-refractivity contribution in [3.05, 3.63) is 63.1 Å². The lowest BCUT2D eigenvalue weighted by atomic mass is 10.1. The summed E-state index contributed by atoms with van der Waals surface area (Å²) in [6, 6.07) is 6.16. The fraction of sp³-hybridized carbons (Fsp3) is 0.222. The molecule has 0 aliphatic rings. The molecule has 164 valence electrons. The predicted molar refractivity (Wildman–Crippen MR) is 97.7 cm³/mol. The first-order valence-electron chi connectivity index (χ1n) is 7.72. The molecule has 0 aromatic heterocycles. The topological polar surface area (TPSA) is 78.6 Å². The summed E-state index contributed by atoms with van der Waals surface area (Å²) in [6.07, 6.45) is -9.20. The maximum atomic E-state index is 12.5. The van der Waals surface area contributed by atoms with Crippen LogP contribution >= 0.6 is 15.9 Å². The van der Waals surface area contributed by atoms with Crippen LogP contribution in [0.3, 0.4) is 0 Å². The summed E-state index contributed by atoms with van der Waals surface area (Å²) in [7, 11) is 2.05. The number of rotatable bonds is 2. The van der Waals surface area contributed by atoms with Gasteiger partial charge in [0, 0.05) is 10.2 Å². The Morgan fingerprint density at radius 2 is 1.20 bits per heavy atom. The van der Waals surface area contributed by atoms with E-state index in [2.05, 4.69) is 25.4 Å². The molecule has 0 radical (unpaired) electrons. The quantitative estimate of drug-likeness (QED) is 0.342. The van der Waals surface area contributed by atoms with Crippen LogP contribution in [0.4, 0.5) is 32.0 Å². The van der Waals surface area contributed by atoms with Crippen molar-refractivity contribution in [3.8, 4) is 0 Å². The third-order valence-corrected chi connectivity index (χ3v) is 3.94. The summed E-state index contributed by atoms with van der Waals surface area (Å²) in [4.78, 5) is 22.1. The summed E-state index contributed by atoms with van der Waals surface area (Å²) >= 11 is 2.91. The highest BCUT2D eigenvalue weighted by molar-refractivity contribution is 9.10. The Labute approximate surface area is 174 Å². The Morgan fingerprint density at radius 3 is 1.60 bits per heavy atom. The number of halogens is 7. The first-order chi connectivity index (χ1) is 13.7. The predicted octanol–water partition coefficient (Wildman–Crippen LogP) is 5.33. The van der Waals surface area contributed by atoms with Crippen LogP contribution in [-0.2, 0) is 21.8 Å². The second-order valence-corrected chi connectivity index (χ2v) is 6.39. The van der Waals surface area contributed by atoms with Crippen LogP contribution in [0, 0.1) is 0 Å². The van der Waals surface area contributed by atoms with Gasteiger partial charge in [0.25, 0.3) is 0 Å². The summed E-state index contributed by atoms with van der Waals surface area (Å²) < 4.78 is 83.6. The number of hydrogen-bond acceptors (Lipinski definition) is 5. The van der Waals surface area contributed by atoms with E-state index >= 15 is 0 Å². The number of anilines is 1. The number of nitrogen functional groups attached to an aromatic ring is 1. The Hall–Kier alpha value is -2.76. The van der Waals surface area contributed by atoms with Crippen molar-refractivity contribution in [1.82, 2.24) is 0 Å². The van der Waals surface area contributed by atoms with Gasteiger partial charge in [0.15, 0.2) is 0 Å². The molecule has 0 amide bonds. The number of methoxy groups -OCH3 is 2. The molecule has 0 unspecified atom stereocenters. The van der Waals surface area contributed by atoms with E-state index in [-0.39, 0.29) is 10.2 Å². The second-order valence-electron chi connectivity index (χ2n) is 5.47. The number of hydrogen-bond donors (Lipinski definition) is 1. The molecule has 2 aromatic carbocycles. The zero-order valence-electron chi connectivity index (χ0n) is 15.3. The molecule has 0 bridgehead atoms. The Balaban J connectivity index is 0.000000300. The summed E-state index contributed by atoms with van der Waals surface area (Å²) in [5.74, 6) is -2.04. The summed E-state index contributed by atoms with van der Waals surface area (Å²) in [5, 5.41) is 0. The molecule has 2 rings (SSSR count). The molecule has 0 heterocycles. The van der Waals surface area contributed by atoms with Gasteiger partial charge in [-0.05, 0) is 36.4 Å². The summed E-state index contributed by atoms with van der Waals surface area (Å²) in [5.41, 5.74) is 2.02. The van der Waals surface area contributed by atoms with Crippen LogP contribution in [0.5, 0.6) is 0 Å². The van der Waals surface area contributed by atoms with Gasteiger partial charge >= 0.3 is 24.3 Å². The van der Waals surface area contributed by atoms with Gasteiger partial charge in [-0.15, -0.1) is 0 Å². The molecule has 30 heavy (non-hydrogen) atoms. The van der Waals surface area contributed by atoms with Crippen molar-refractivity contribution in [2.24, 2.45) is 0 Å². The molecule has 0 atom stereocenters. The molecule has 2 N–H and O–H groups in total. The molecular formula is C18H14BrF6NO4. The van der Waals surface area contributed by atoms with Crippen molar-refractivity contribution in [2.75, 3.05) is 20.0 Å². The number of carbonyl (C=O) groups is 2. The Kier molecular flexibility index (Phi) is 8.28. The first-order valence-corrected chi connectivity index (χ1v) is 8.51. The van der Waals surface area contributed by atoms with Crippen molar-refractivity contribution in [1.29, 1.82) is 0 Å². The van der Waals surface area contributed by atoms with Crippen LogP contribution in [0.2, 0.25) is 0 Å². The molecule has 0 fully saturated rings. The molecular weight excluding hydrogens is 488 g/mol. The minimum atomic E-state index is -4.63. The van der Waals surface area contributed by atoms with Gasteiger partial charge in [0.1, 0.15) is 0 Å². The Morgan fingerprint density at radius 1 is 0.800 bits per heavy atom. The summed E-state index contributed by atoms with van der Waals surface area (Å²) in [6.45, 7) is 0. The number of nitrogens with two attached hydrogens (primary N) is 1. The lowest BCUT2D eigenvalue weighted by Gasteiger charge is -2.11. The highest BCUT2D eigenvalue weighted by Gasteiger charge is 2.36. The molecule has 2 aromatic rings. The van der Waals surface area contributed by atoms with E-state index in [0.29, 0.717) is 6.07 Å². The zero-order chi connectivity index (χ0) is 23.3. The maximum Gasteiger partial charge on any atom is 0.417 e. The van der Waals surface area contributed by atoms with Gasteiger partial charge in [-0.25, -0.2) is 9.59 Å². The average Bonchev–Trinajstić information content (AvgIpc) is 2.65. The van der Waals surface area contributed by atoms with Gasteiger partial charge in [0.05, 0.1) is 36.5 Å². The third-order valence-electron chi connectivity index (χ3n) is 3.45. The van der Waals surface area contributed by atoms with Crippen LogP contribution in [-0.4, -0.2) is 26.2 Å². The van der Waals surface area contributed by atoms with Gasteiger partial charge in [-0.1, -0.05) is 15.9 Å². The van der Waals surface area contributed by atoms with E-state index in [1.54, 1.807) is 0 Å². The van der Waals surface area contributed by atoms with Crippen molar-refractivity contribution >= 4 is 33.6 Å². The van der Waals surface area contributed by atoms with Crippen molar-refractivity contribution in [2.45, 2.75) is 12.4 Å². The number of ether oxygens (including phenoxy) is 2. The van der Waals surface area contributed by atoms with Crippen molar-refractivity contribution < 1.29 is 45.4 Å². The van der Waals surface area contributed by atoms with Gasteiger partial charge in [-0.2, -0.15) is 26.3 Å². The first kappa shape index (κ1) is 25.3. The molecule has 0 spiro atoms. The van der Waals surface area contributed by atoms with E-state index in [0.717, 1.165) is 32.4 Å². The van der Waals surface area contributed by atoms with E-state index in [1.165, 1.54) is 12.1 Å². The molecule has 0 aliphatic carbocycles. The fourth-order valence-electron chi connectivity index (χ4n) is 2.12. The van der Waals surface area contributed by atoms with E-state index in [9.17, 15) is 35.9 Å². The third kappa shape index (κ3) is 6.65. The van der Waals surface area contributed by atoms with Crippen LogP contribution in [0.15, 0.2) is 40.9 Å². The molecule has 0 saturated carbocycles. The van der Waals surface area contributed by atoms with E-state index < -0.39 is 46.5 Å². The van der Waals surface area contributed by atoms with Gasteiger partial charge < -0.3 is 15.2 Å². The molecule has 5 nitrogen and oxygen atoms in total. The highest BCUT2D eigenvalue weighted by Crippen LogP contribution is 2.34. The largest absolute Gasteiger partial charge is 0.465 e. The Bertz CT molecular complexity index is 852. The minimum Gasteiger partial charge on any atom is -0.465 e. The smallest absolute Gasteiger partial charge is 0.417 e. The SMILES string of the molecule is COC(=O)c1ccc(Br)cc1C(F)(F)F.COC(=O)c1ccc(N)cc1C(F)(F)F. The second kappa shape index (κ2) is 9.83. The highest BCUT2D eigenvalue weighted by atomic mass is 79.9. The van der Waals surface area contributed by atoms with Crippen molar-refractivity contribution in [3.63, 3.8) is 0 Å². The van der Waals surface area contributed by atoms with E-state index in [1.807, 2.05) is 0 Å². The minimum absolute atomic E-state index is 0.0602. The zero-order valence-corrected chi connectivity index (χ0v) is 16.9. The van der Waals surface area contributed by atoms with E-state index in [4.69, 9.17) is 5.73 Å². The standard InChI is InChI=1S/C9H6BrF3O2.C9H8F3NO2/c1-15-8(14)6-3-2-5(10)4-7(6)9(11,12)13;1-15-8(14)6-3-2-5(13)4-7(6)9(10,11)12/h2-4H,1H3;2-4H,13H2,1H3. The van der Waals surface area contributed by atoms with Crippen LogP contribution < -0.4 is 5.73 Å². The maximum absolute atomic E-state index is 12.5. The molecule has 0 saturated heterocycles. The number of carbonyl (C=O) groups excluding carboxylic acids is 2. The number of esters is 2. The lowest BCUT2D eigenvalue weighted by Crippen LogP contribution is -2.14. The van der Waals surface area contributed by atoms with Crippen LogP contribution in [0.25, 0.3) is 0 Å². The van der Waals surface area contributed by atoms with Gasteiger partial charge in [0.2, 0.25) is 0 Å². The van der Waals surface area contributed by atoms with Gasteiger partial charge in [-0.3, -0.25) is 0 Å².